The lowest BCUT2D eigenvalue weighted by atomic mass is 10.7. The van der Waals surface area contributed by atoms with Gasteiger partial charge >= 0.3 is 0 Å². The van der Waals surface area contributed by atoms with Gasteiger partial charge in [0.25, 0.3) is 0 Å². The normalized spacial score (nSPS) is 9.31. The fourth-order valence-corrected chi connectivity index (χ4v) is 0.991. The number of aromatic nitrogens is 3. The molecule has 0 saturated carbocycles. The molecule has 0 saturated heterocycles. The molecular weight excluding hydrogens is 228 g/mol. The van der Waals surface area contributed by atoms with Crippen LogP contribution >= 0.6 is 12.4 Å². The first kappa shape index (κ1) is 14.7. The van der Waals surface area contributed by atoms with E-state index in [1.165, 1.54) is 0 Å². The van der Waals surface area contributed by atoms with Crippen LogP contribution in [0.25, 0.3) is 0 Å². The molecule has 1 aromatic rings. The Morgan fingerprint density at radius 2 is 1.38 bits per heavy atom. The molecular formula is C9H19ClN6. The van der Waals surface area contributed by atoms with Crippen LogP contribution in [-0.4, -0.2) is 49.7 Å². The maximum atomic E-state index is 4.30. The average molecular weight is 247 g/mol. The van der Waals surface area contributed by atoms with E-state index in [0.29, 0.717) is 17.8 Å². The lowest BCUT2D eigenvalue weighted by molar-refractivity contribution is 0.911. The van der Waals surface area contributed by atoms with Gasteiger partial charge in [-0.25, -0.2) is 0 Å². The molecule has 1 rings (SSSR count). The van der Waals surface area contributed by atoms with Crippen molar-refractivity contribution in [3.63, 3.8) is 0 Å². The van der Waals surface area contributed by atoms with Gasteiger partial charge < -0.3 is 15.1 Å². The highest BCUT2D eigenvalue weighted by Gasteiger charge is 2.08. The molecule has 0 spiro atoms. The van der Waals surface area contributed by atoms with Gasteiger partial charge in [-0.2, -0.15) is 15.0 Å². The highest BCUT2D eigenvalue weighted by molar-refractivity contribution is 5.85. The molecule has 0 aliphatic heterocycles. The second kappa shape index (κ2) is 6.32. The van der Waals surface area contributed by atoms with Crippen molar-refractivity contribution in [3.05, 3.63) is 0 Å². The van der Waals surface area contributed by atoms with Crippen LogP contribution in [0.3, 0.4) is 0 Å². The van der Waals surface area contributed by atoms with Crippen molar-refractivity contribution < 1.29 is 0 Å². The first-order valence-corrected chi connectivity index (χ1v) is 4.89. The van der Waals surface area contributed by atoms with Crippen molar-refractivity contribution in [2.45, 2.75) is 6.92 Å². The zero-order valence-corrected chi connectivity index (χ0v) is 11.2. The Morgan fingerprint density at radius 3 is 1.69 bits per heavy atom. The number of nitrogens with zero attached hydrogens (tertiary/aromatic N) is 5. The first-order chi connectivity index (χ1) is 7.04. The Morgan fingerprint density at radius 1 is 0.938 bits per heavy atom. The first-order valence-electron chi connectivity index (χ1n) is 4.89. The monoisotopic (exact) mass is 246 g/mol. The lowest BCUT2D eigenvalue weighted by Gasteiger charge is -2.16. The Kier molecular flexibility index (Phi) is 5.81. The summed E-state index contributed by atoms with van der Waals surface area (Å²) in [5, 5.41) is 3.08. The van der Waals surface area contributed by atoms with Crippen LogP contribution in [0, 0.1) is 0 Å². The molecule has 0 fully saturated rings. The predicted molar refractivity (Wildman–Crippen MR) is 69.9 cm³/mol. The largest absolute Gasteiger partial charge is 0.354 e. The second-order valence-corrected chi connectivity index (χ2v) is 3.58. The van der Waals surface area contributed by atoms with Crippen LogP contribution in [0.4, 0.5) is 17.8 Å². The molecule has 1 heterocycles. The number of hydrogen-bond acceptors (Lipinski definition) is 6. The van der Waals surface area contributed by atoms with Crippen molar-refractivity contribution in [2.75, 3.05) is 49.9 Å². The summed E-state index contributed by atoms with van der Waals surface area (Å²) >= 11 is 0. The van der Waals surface area contributed by atoms with Gasteiger partial charge in [0.1, 0.15) is 0 Å². The highest BCUT2D eigenvalue weighted by Crippen LogP contribution is 2.12. The van der Waals surface area contributed by atoms with E-state index in [2.05, 4.69) is 20.3 Å². The number of nitrogens with one attached hydrogen (secondary N) is 1. The minimum absolute atomic E-state index is 0. The van der Waals surface area contributed by atoms with E-state index in [1.807, 2.05) is 44.9 Å². The van der Waals surface area contributed by atoms with Crippen molar-refractivity contribution in [3.8, 4) is 0 Å². The van der Waals surface area contributed by atoms with Crippen molar-refractivity contribution in [2.24, 2.45) is 0 Å². The van der Waals surface area contributed by atoms with Crippen molar-refractivity contribution in [1.82, 2.24) is 15.0 Å². The Hall–Kier alpha value is -1.30. The SMILES string of the molecule is CCNc1nc(N(C)C)nc(N(C)C)n1.Cl. The predicted octanol–water partition coefficient (Wildman–Crippen LogP) is 0.857. The lowest BCUT2D eigenvalue weighted by Crippen LogP contribution is -2.20. The minimum atomic E-state index is 0. The van der Waals surface area contributed by atoms with Gasteiger partial charge in [-0.05, 0) is 6.92 Å². The minimum Gasteiger partial charge on any atom is -0.354 e. The molecule has 1 N–H and O–H groups in total. The molecule has 0 atom stereocenters. The van der Waals surface area contributed by atoms with Gasteiger partial charge in [0.05, 0.1) is 0 Å². The van der Waals surface area contributed by atoms with Crippen LogP contribution in [0.5, 0.6) is 0 Å². The molecule has 6 nitrogen and oxygen atoms in total. The summed E-state index contributed by atoms with van der Waals surface area (Å²) in [5.74, 6) is 1.93. The Balaban J connectivity index is 0.00000225. The maximum Gasteiger partial charge on any atom is 0.231 e. The van der Waals surface area contributed by atoms with E-state index >= 15 is 0 Å². The molecule has 0 aromatic carbocycles. The van der Waals surface area contributed by atoms with Crippen LogP contribution in [-0.2, 0) is 0 Å². The molecule has 0 aliphatic rings. The maximum absolute atomic E-state index is 4.30. The van der Waals surface area contributed by atoms with Crippen molar-refractivity contribution in [1.29, 1.82) is 0 Å². The zero-order valence-electron chi connectivity index (χ0n) is 10.4. The van der Waals surface area contributed by atoms with E-state index in [1.54, 1.807) is 0 Å². The molecule has 0 aliphatic carbocycles. The summed E-state index contributed by atoms with van der Waals surface area (Å²) in [5.41, 5.74) is 0. The van der Waals surface area contributed by atoms with Gasteiger partial charge in [0.15, 0.2) is 0 Å². The molecule has 92 valence electrons. The summed E-state index contributed by atoms with van der Waals surface area (Å²) in [6, 6.07) is 0. The molecule has 0 unspecified atom stereocenters. The van der Waals surface area contributed by atoms with Gasteiger partial charge in [-0.1, -0.05) is 0 Å². The van der Waals surface area contributed by atoms with E-state index in [0.717, 1.165) is 6.54 Å². The third-order valence-corrected chi connectivity index (χ3v) is 1.75. The summed E-state index contributed by atoms with van der Waals surface area (Å²) in [7, 11) is 7.63. The second-order valence-electron chi connectivity index (χ2n) is 3.58. The van der Waals surface area contributed by atoms with E-state index in [4.69, 9.17) is 0 Å². The fourth-order valence-electron chi connectivity index (χ4n) is 0.991. The summed E-state index contributed by atoms with van der Waals surface area (Å²) in [6.45, 7) is 2.80. The van der Waals surface area contributed by atoms with E-state index in [9.17, 15) is 0 Å². The zero-order chi connectivity index (χ0) is 11.4. The van der Waals surface area contributed by atoms with Crippen molar-refractivity contribution >= 4 is 30.3 Å². The van der Waals surface area contributed by atoms with Gasteiger partial charge in [0.2, 0.25) is 17.8 Å². The third kappa shape index (κ3) is 3.69. The van der Waals surface area contributed by atoms with Gasteiger partial charge in [-0.15, -0.1) is 12.4 Å². The van der Waals surface area contributed by atoms with Crippen LogP contribution in [0.2, 0.25) is 0 Å². The van der Waals surface area contributed by atoms with E-state index in [-0.39, 0.29) is 12.4 Å². The molecule has 16 heavy (non-hydrogen) atoms. The summed E-state index contributed by atoms with van der Waals surface area (Å²) < 4.78 is 0. The topological polar surface area (TPSA) is 57.2 Å². The summed E-state index contributed by atoms with van der Waals surface area (Å²) in [4.78, 5) is 16.6. The smallest absolute Gasteiger partial charge is 0.231 e. The van der Waals surface area contributed by atoms with Gasteiger partial charge in [0, 0.05) is 34.7 Å². The Labute approximate surface area is 103 Å². The number of rotatable bonds is 4. The number of hydrogen-bond donors (Lipinski definition) is 1. The average Bonchev–Trinajstić information content (AvgIpc) is 2.17. The third-order valence-electron chi connectivity index (χ3n) is 1.75. The van der Waals surface area contributed by atoms with Crippen LogP contribution < -0.4 is 15.1 Å². The quantitative estimate of drug-likeness (QED) is 0.851. The Bertz CT molecular complexity index is 302. The molecule has 0 amide bonds. The molecule has 0 bridgehead atoms. The fraction of sp³-hybridized carbons (Fsp3) is 0.667. The van der Waals surface area contributed by atoms with E-state index < -0.39 is 0 Å². The summed E-state index contributed by atoms with van der Waals surface area (Å²) in [6.07, 6.45) is 0. The van der Waals surface area contributed by atoms with Crippen LogP contribution in [0.15, 0.2) is 0 Å². The number of halogens is 1. The standard InChI is InChI=1S/C9H18N6.ClH/c1-6-10-7-11-8(14(2)3)13-9(12-7)15(4)5;/h6H2,1-5H3,(H,10,11,12,13);1H. The molecule has 0 radical (unpaired) electrons. The van der Waals surface area contributed by atoms with Gasteiger partial charge in [-0.3, -0.25) is 0 Å². The highest BCUT2D eigenvalue weighted by atomic mass is 35.5. The molecule has 1 aromatic heterocycles. The molecule has 7 heteroatoms. The number of anilines is 3. The van der Waals surface area contributed by atoms with Crippen LogP contribution in [0.1, 0.15) is 6.92 Å².